The number of aliphatic hydroxyl groups is 3. The minimum atomic E-state index is -4.59. The van der Waals surface area contributed by atoms with Crippen LogP contribution in [0.5, 0.6) is 0 Å². The second kappa shape index (κ2) is 31.8. The molecule has 1 aliphatic heterocycles. The molecule has 0 aliphatic carbocycles. The smallest absolute Gasteiger partial charge is 0.306 e. The second-order valence-electron chi connectivity index (χ2n) is 15.0. The molecule has 1 fully saturated rings. The largest absolute Gasteiger partial charge is 0.462 e. The van der Waals surface area contributed by atoms with E-state index in [1.165, 1.54) is 109 Å². The number of ether oxygens (including phenoxy) is 4. The zero-order valence-corrected chi connectivity index (χ0v) is 34.0. The fraction of sp³-hybridized carbons (Fsp3) is 0.950. The van der Waals surface area contributed by atoms with E-state index in [-0.39, 0.29) is 19.4 Å². The van der Waals surface area contributed by atoms with Crippen LogP contribution in [0.25, 0.3) is 0 Å². The number of esters is 2. The summed E-state index contributed by atoms with van der Waals surface area (Å²) in [5, 5.41) is 30.8. The first-order valence-corrected chi connectivity index (χ1v) is 22.7. The zero-order valence-electron chi connectivity index (χ0n) is 33.1. The van der Waals surface area contributed by atoms with E-state index in [1.54, 1.807) is 0 Å². The van der Waals surface area contributed by atoms with Gasteiger partial charge in [0.1, 0.15) is 36.8 Å². The Balaban J connectivity index is 2.48. The van der Waals surface area contributed by atoms with Crippen molar-refractivity contribution in [1.82, 2.24) is 0 Å². The van der Waals surface area contributed by atoms with E-state index in [0.29, 0.717) is 12.8 Å². The summed E-state index contributed by atoms with van der Waals surface area (Å²) in [6, 6.07) is 0. The number of aliphatic hydroxyl groups excluding tert-OH is 3. The maximum absolute atomic E-state index is 12.7. The summed E-state index contributed by atoms with van der Waals surface area (Å²) in [6.07, 6.45) is 20.1. The van der Waals surface area contributed by atoms with Crippen molar-refractivity contribution in [2.75, 3.05) is 19.0 Å². The van der Waals surface area contributed by atoms with Crippen LogP contribution < -0.4 is 0 Å². The number of hydrogen-bond donors (Lipinski definition) is 4. The average Bonchev–Trinajstić information content (AvgIpc) is 3.12. The molecule has 1 aliphatic rings. The lowest BCUT2D eigenvalue weighted by atomic mass is 10.00. The van der Waals surface area contributed by atoms with Crippen LogP contribution in [0.2, 0.25) is 0 Å². The molecule has 13 heteroatoms. The highest BCUT2D eigenvalue weighted by molar-refractivity contribution is 7.85. The summed E-state index contributed by atoms with van der Waals surface area (Å²) < 4.78 is 53.9. The molecule has 0 spiro atoms. The van der Waals surface area contributed by atoms with Crippen molar-refractivity contribution in [3.05, 3.63) is 0 Å². The van der Waals surface area contributed by atoms with Crippen LogP contribution in [0.3, 0.4) is 0 Å². The van der Waals surface area contributed by atoms with Gasteiger partial charge in [-0.2, -0.15) is 8.42 Å². The maximum atomic E-state index is 12.7. The summed E-state index contributed by atoms with van der Waals surface area (Å²) >= 11 is 0. The first-order chi connectivity index (χ1) is 25.5. The summed E-state index contributed by atoms with van der Waals surface area (Å²) in [7, 11) is -4.59. The van der Waals surface area contributed by atoms with E-state index in [4.69, 9.17) is 18.9 Å². The van der Waals surface area contributed by atoms with Gasteiger partial charge in [-0.15, -0.1) is 0 Å². The van der Waals surface area contributed by atoms with E-state index >= 15 is 0 Å². The fourth-order valence-electron chi connectivity index (χ4n) is 6.62. The molecule has 1 heterocycles. The molecule has 2 unspecified atom stereocenters. The van der Waals surface area contributed by atoms with Crippen molar-refractivity contribution in [2.24, 2.45) is 0 Å². The molecule has 1 rings (SSSR count). The Morgan fingerprint density at radius 1 is 0.566 bits per heavy atom. The first-order valence-electron chi connectivity index (χ1n) is 21.1. The molecule has 0 saturated carbocycles. The Kier molecular flexibility index (Phi) is 29.8. The highest BCUT2D eigenvalue weighted by Crippen LogP contribution is 2.24. The summed E-state index contributed by atoms with van der Waals surface area (Å²) in [5.41, 5.74) is 0. The number of carbonyl (C=O) groups is 2. The highest BCUT2D eigenvalue weighted by Gasteiger charge is 2.46. The predicted octanol–water partition coefficient (Wildman–Crippen LogP) is 7.73. The van der Waals surface area contributed by atoms with Crippen molar-refractivity contribution in [2.45, 2.75) is 224 Å². The molecule has 6 atom stereocenters. The van der Waals surface area contributed by atoms with Crippen LogP contribution in [0.1, 0.15) is 187 Å². The molecule has 53 heavy (non-hydrogen) atoms. The Bertz CT molecular complexity index is 1010. The number of carbonyl (C=O) groups excluding carboxylic acids is 2. The Morgan fingerprint density at radius 2 is 0.962 bits per heavy atom. The first kappa shape index (κ1) is 49.7. The summed E-state index contributed by atoms with van der Waals surface area (Å²) in [5.74, 6) is -1.97. The minimum Gasteiger partial charge on any atom is -0.462 e. The van der Waals surface area contributed by atoms with Crippen molar-refractivity contribution in [3.63, 3.8) is 0 Å². The molecule has 0 bridgehead atoms. The standard InChI is InChI=1S/C40H76O12S/c1-3-5-7-9-11-13-15-17-19-21-23-25-27-29-36(42)51-33(31-50-40-39(45)38(44)37(43)34(52-40)32-53(46,47)48)30-49-35(41)28-26-24-22-20-18-16-14-12-10-8-6-4-2/h33-34,37-40,43-45H,3-32H2,1-2H3,(H,46,47,48)/t33-,34-,37-,38?,39?,40+/m1/s1. The lowest BCUT2D eigenvalue weighted by Crippen LogP contribution is -2.60. The monoisotopic (exact) mass is 781 g/mol. The van der Waals surface area contributed by atoms with Gasteiger partial charge in [-0.1, -0.05) is 162 Å². The van der Waals surface area contributed by atoms with Gasteiger partial charge in [0.25, 0.3) is 10.1 Å². The van der Waals surface area contributed by atoms with E-state index in [0.717, 1.165) is 38.5 Å². The SMILES string of the molecule is CCCCCCCCCCCCCCCC(=O)O[C@H](COC(=O)CCCCCCCCCCCCCC)CO[C@H]1O[C@H](CS(=O)(=O)O)[C@@H](O)C(O)C1O. The van der Waals surface area contributed by atoms with E-state index in [2.05, 4.69) is 13.8 Å². The lowest BCUT2D eigenvalue weighted by Gasteiger charge is -2.40. The quantitative estimate of drug-likeness (QED) is 0.0279. The van der Waals surface area contributed by atoms with Crippen LogP contribution in [0, 0.1) is 0 Å². The van der Waals surface area contributed by atoms with Crippen LogP contribution in [0.4, 0.5) is 0 Å². The highest BCUT2D eigenvalue weighted by atomic mass is 32.2. The molecular formula is C40H76O12S. The average molecular weight is 781 g/mol. The molecule has 12 nitrogen and oxygen atoms in total. The van der Waals surface area contributed by atoms with Crippen molar-refractivity contribution < 1.29 is 56.8 Å². The molecule has 314 valence electrons. The molecule has 0 aromatic carbocycles. The Labute approximate surface area is 321 Å². The van der Waals surface area contributed by atoms with Crippen molar-refractivity contribution in [3.8, 4) is 0 Å². The van der Waals surface area contributed by atoms with E-state index < -0.39 is 71.2 Å². The molecule has 0 radical (unpaired) electrons. The molecule has 0 amide bonds. The van der Waals surface area contributed by atoms with E-state index in [1.807, 2.05) is 0 Å². The predicted molar refractivity (Wildman–Crippen MR) is 206 cm³/mol. The minimum absolute atomic E-state index is 0.172. The third-order valence-electron chi connectivity index (χ3n) is 9.94. The molecule has 4 N–H and O–H groups in total. The lowest BCUT2D eigenvalue weighted by molar-refractivity contribution is -0.297. The Morgan fingerprint density at radius 3 is 1.38 bits per heavy atom. The topological polar surface area (TPSA) is 186 Å². The third kappa shape index (κ3) is 27.0. The zero-order chi connectivity index (χ0) is 39.2. The van der Waals surface area contributed by atoms with Gasteiger partial charge in [0.05, 0.1) is 6.61 Å². The van der Waals surface area contributed by atoms with Gasteiger partial charge in [0.2, 0.25) is 0 Å². The number of unbranched alkanes of at least 4 members (excludes halogenated alkanes) is 23. The molecule has 0 aromatic heterocycles. The van der Waals surface area contributed by atoms with E-state index in [9.17, 15) is 37.9 Å². The second-order valence-corrected chi connectivity index (χ2v) is 16.5. The van der Waals surface area contributed by atoms with Crippen LogP contribution in [-0.2, 0) is 38.7 Å². The van der Waals surface area contributed by atoms with Crippen molar-refractivity contribution in [1.29, 1.82) is 0 Å². The van der Waals surface area contributed by atoms with Gasteiger partial charge >= 0.3 is 11.9 Å². The van der Waals surface area contributed by atoms with Gasteiger partial charge in [0.15, 0.2) is 12.4 Å². The third-order valence-corrected chi connectivity index (χ3v) is 10.7. The number of hydrogen-bond acceptors (Lipinski definition) is 11. The molecule has 0 aromatic rings. The normalized spacial score (nSPS) is 21.1. The van der Waals surface area contributed by atoms with Gasteiger partial charge in [-0.25, -0.2) is 0 Å². The fourth-order valence-corrected chi connectivity index (χ4v) is 7.31. The van der Waals surface area contributed by atoms with Crippen LogP contribution >= 0.6 is 0 Å². The van der Waals surface area contributed by atoms with Gasteiger partial charge in [-0.3, -0.25) is 14.1 Å². The number of rotatable bonds is 35. The van der Waals surface area contributed by atoms with Gasteiger partial charge in [0, 0.05) is 12.8 Å². The molecule has 1 saturated heterocycles. The maximum Gasteiger partial charge on any atom is 0.306 e. The Hall–Kier alpha value is -1.35. The van der Waals surface area contributed by atoms with Crippen molar-refractivity contribution >= 4 is 22.1 Å². The van der Waals surface area contributed by atoms with Gasteiger partial charge in [-0.05, 0) is 12.8 Å². The van der Waals surface area contributed by atoms with Crippen LogP contribution in [-0.4, -0.2) is 96.0 Å². The van der Waals surface area contributed by atoms with Gasteiger partial charge < -0.3 is 34.3 Å². The summed E-state index contributed by atoms with van der Waals surface area (Å²) in [4.78, 5) is 25.3. The molecular weight excluding hydrogens is 704 g/mol. The van der Waals surface area contributed by atoms with Crippen LogP contribution in [0.15, 0.2) is 0 Å². The summed E-state index contributed by atoms with van der Waals surface area (Å²) in [6.45, 7) is 3.75.